The van der Waals surface area contributed by atoms with Crippen molar-refractivity contribution in [3.8, 4) is 5.75 Å². The van der Waals surface area contributed by atoms with Crippen molar-refractivity contribution in [1.29, 1.82) is 0 Å². The summed E-state index contributed by atoms with van der Waals surface area (Å²) in [7, 11) is 0. The smallest absolute Gasteiger partial charge is 0.338 e. The second-order valence-corrected chi connectivity index (χ2v) is 7.67. The van der Waals surface area contributed by atoms with Gasteiger partial charge < -0.3 is 18.4 Å². The number of aryl methyl sites for hydroxylation is 4. The number of carbonyl (C=O) groups excluding carboxylic acids is 1. The second kappa shape index (κ2) is 8.70. The van der Waals surface area contributed by atoms with Gasteiger partial charge in [0.1, 0.15) is 30.3 Å². The highest BCUT2D eigenvalue weighted by Crippen LogP contribution is 2.24. The van der Waals surface area contributed by atoms with E-state index in [9.17, 15) is 9.59 Å². The number of rotatable bonds is 6. The predicted molar refractivity (Wildman–Crippen MR) is 118 cm³/mol. The van der Waals surface area contributed by atoms with Crippen LogP contribution in [0.3, 0.4) is 0 Å². The van der Waals surface area contributed by atoms with Gasteiger partial charge in [-0.15, -0.1) is 0 Å². The van der Waals surface area contributed by atoms with Crippen LogP contribution in [0.1, 0.15) is 44.1 Å². The van der Waals surface area contributed by atoms with Crippen molar-refractivity contribution in [3.63, 3.8) is 0 Å². The minimum atomic E-state index is -0.493. The molecule has 4 aromatic rings. The Balaban J connectivity index is 1.44. The van der Waals surface area contributed by atoms with Crippen molar-refractivity contribution in [3.05, 3.63) is 92.2 Å². The average molecular weight is 433 g/mol. The first-order valence-corrected chi connectivity index (χ1v) is 10.2. The number of aromatic nitrogens is 1. The molecule has 0 aliphatic carbocycles. The summed E-state index contributed by atoms with van der Waals surface area (Å²) >= 11 is 0. The molecule has 0 fully saturated rings. The van der Waals surface area contributed by atoms with Crippen molar-refractivity contribution in [2.24, 2.45) is 0 Å². The number of benzene rings is 2. The van der Waals surface area contributed by atoms with Gasteiger partial charge in [-0.05, 0) is 63.1 Å². The molecule has 7 heteroatoms. The lowest BCUT2D eigenvalue weighted by molar-refractivity contribution is 0.0474. The molecular formula is C25H23NO6. The number of fused-ring (bicyclic) bond motifs is 1. The maximum absolute atomic E-state index is 12.5. The first-order valence-electron chi connectivity index (χ1n) is 10.2. The van der Waals surface area contributed by atoms with Crippen LogP contribution in [0.25, 0.3) is 11.0 Å². The molecule has 0 aliphatic heterocycles. The van der Waals surface area contributed by atoms with Gasteiger partial charge in [0.15, 0.2) is 0 Å². The van der Waals surface area contributed by atoms with E-state index in [1.54, 1.807) is 24.3 Å². The Morgan fingerprint density at radius 3 is 2.44 bits per heavy atom. The molecule has 0 unspecified atom stereocenters. The molecule has 0 aliphatic rings. The van der Waals surface area contributed by atoms with Crippen LogP contribution in [0.4, 0.5) is 0 Å². The van der Waals surface area contributed by atoms with E-state index < -0.39 is 11.6 Å². The van der Waals surface area contributed by atoms with Gasteiger partial charge in [-0.2, -0.15) is 0 Å². The third-order valence-electron chi connectivity index (χ3n) is 5.53. The highest BCUT2D eigenvalue weighted by molar-refractivity contribution is 5.90. The van der Waals surface area contributed by atoms with Crippen molar-refractivity contribution in [1.82, 2.24) is 5.16 Å². The lowest BCUT2D eigenvalue weighted by atomic mass is 10.0. The van der Waals surface area contributed by atoms with Crippen LogP contribution in [0, 0.1) is 27.7 Å². The molecule has 7 nitrogen and oxygen atoms in total. The zero-order chi connectivity index (χ0) is 22.8. The molecule has 164 valence electrons. The van der Waals surface area contributed by atoms with E-state index in [1.165, 1.54) is 6.07 Å². The quantitative estimate of drug-likeness (QED) is 0.314. The Hall–Kier alpha value is -3.87. The summed E-state index contributed by atoms with van der Waals surface area (Å²) in [6.45, 7) is 7.83. The number of hydrogen-bond donors (Lipinski definition) is 0. The summed E-state index contributed by atoms with van der Waals surface area (Å²) in [6, 6.07) is 11.8. The summed E-state index contributed by atoms with van der Waals surface area (Å²) in [4.78, 5) is 24.5. The maximum Gasteiger partial charge on any atom is 0.338 e. The average Bonchev–Trinajstić information content (AvgIpc) is 3.10. The summed E-state index contributed by atoms with van der Waals surface area (Å²) in [6.07, 6.45) is 0. The van der Waals surface area contributed by atoms with Crippen LogP contribution in [0.5, 0.6) is 5.75 Å². The van der Waals surface area contributed by atoms with Crippen molar-refractivity contribution < 1.29 is 23.2 Å². The maximum atomic E-state index is 12.5. The van der Waals surface area contributed by atoms with E-state index in [1.807, 2.05) is 39.8 Å². The Morgan fingerprint density at radius 2 is 1.75 bits per heavy atom. The molecule has 2 aromatic carbocycles. The molecular weight excluding hydrogens is 410 g/mol. The van der Waals surface area contributed by atoms with Crippen molar-refractivity contribution in [2.75, 3.05) is 0 Å². The number of carbonyl (C=O) groups is 1. The molecule has 0 saturated heterocycles. The third-order valence-corrected chi connectivity index (χ3v) is 5.53. The molecule has 0 saturated carbocycles. The lowest BCUT2D eigenvalue weighted by Gasteiger charge is -2.10. The molecule has 2 aromatic heterocycles. The molecule has 0 radical (unpaired) electrons. The highest BCUT2D eigenvalue weighted by Gasteiger charge is 2.14. The van der Waals surface area contributed by atoms with Gasteiger partial charge in [-0.3, -0.25) is 0 Å². The van der Waals surface area contributed by atoms with Gasteiger partial charge in [0.2, 0.25) is 0 Å². The zero-order valence-corrected chi connectivity index (χ0v) is 18.4. The summed E-state index contributed by atoms with van der Waals surface area (Å²) < 4.78 is 21.7. The fourth-order valence-corrected chi connectivity index (χ4v) is 3.42. The van der Waals surface area contributed by atoms with E-state index in [0.29, 0.717) is 29.1 Å². The fourth-order valence-electron chi connectivity index (χ4n) is 3.42. The van der Waals surface area contributed by atoms with E-state index in [2.05, 4.69) is 5.16 Å². The molecule has 0 spiro atoms. The van der Waals surface area contributed by atoms with E-state index >= 15 is 0 Å². The van der Waals surface area contributed by atoms with Gasteiger partial charge in [0.25, 0.3) is 0 Å². The van der Waals surface area contributed by atoms with Crippen LogP contribution in [-0.4, -0.2) is 11.1 Å². The van der Waals surface area contributed by atoms with Crippen LogP contribution in [-0.2, 0) is 18.0 Å². The SMILES string of the molecule is Cc1ccc2c(COC(=O)c3ccc(OCc4c(C)noc4C)cc3)cc(=O)oc2c1C. The Kier molecular flexibility index (Phi) is 5.81. The monoisotopic (exact) mass is 433 g/mol. The van der Waals surface area contributed by atoms with Crippen LogP contribution < -0.4 is 10.4 Å². The van der Waals surface area contributed by atoms with Crippen LogP contribution in [0.2, 0.25) is 0 Å². The molecule has 0 N–H and O–H groups in total. The van der Waals surface area contributed by atoms with E-state index in [4.69, 9.17) is 18.4 Å². The van der Waals surface area contributed by atoms with Gasteiger partial charge in [-0.1, -0.05) is 17.3 Å². The minimum Gasteiger partial charge on any atom is -0.489 e. The van der Waals surface area contributed by atoms with Gasteiger partial charge >= 0.3 is 11.6 Å². The zero-order valence-electron chi connectivity index (χ0n) is 18.4. The summed E-state index contributed by atoms with van der Waals surface area (Å²) in [5, 5.41) is 4.66. The van der Waals surface area contributed by atoms with Crippen molar-refractivity contribution >= 4 is 16.9 Å². The largest absolute Gasteiger partial charge is 0.489 e. The van der Waals surface area contributed by atoms with Crippen molar-refractivity contribution in [2.45, 2.75) is 40.9 Å². The molecule has 0 bridgehead atoms. The van der Waals surface area contributed by atoms with Gasteiger partial charge in [0.05, 0.1) is 16.8 Å². The second-order valence-electron chi connectivity index (χ2n) is 7.67. The molecule has 2 heterocycles. The number of esters is 1. The minimum absolute atomic E-state index is 0.0340. The van der Waals surface area contributed by atoms with Gasteiger partial charge in [-0.25, -0.2) is 9.59 Å². The Bertz CT molecular complexity index is 1330. The van der Waals surface area contributed by atoms with Crippen LogP contribution in [0.15, 0.2) is 56.2 Å². The summed E-state index contributed by atoms with van der Waals surface area (Å²) in [5.41, 5.74) is 4.63. The molecule has 0 amide bonds. The molecule has 32 heavy (non-hydrogen) atoms. The molecule has 0 atom stereocenters. The van der Waals surface area contributed by atoms with Gasteiger partial charge in [0, 0.05) is 17.0 Å². The standard InChI is InChI=1S/C25H23NO6/c1-14-5-10-21-19(11-23(27)31-24(21)15(14)2)12-30-25(28)18-6-8-20(9-7-18)29-13-22-16(3)26-32-17(22)4/h5-11H,12-13H2,1-4H3. The fraction of sp³-hybridized carbons (Fsp3) is 0.240. The van der Waals surface area contributed by atoms with E-state index in [-0.39, 0.29) is 6.61 Å². The predicted octanol–water partition coefficient (Wildman–Crippen LogP) is 4.95. The molecule has 4 rings (SSSR count). The Morgan fingerprint density at radius 1 is 1.00 bits per heavy atom. The first kappa shape index (κ1) is 21.4. The van der Waals surface area contributed by atoms with E-state index in [0.717, 1.165) is 33.5 Å². The topological polar surface area (TPSA) is 91.8 Å². The normalized spacial score (nSPS) is 11.0. The number of ether oxygens (including phenoxy) is 2. The number of nitrogens with zero attached hydrogens (tertiary/aromatic N) is 1. The van der Waals surface area contributed by atoms with Crippen LogP contribution >= 0.6 is 0 Å². The summed E-state index contributed by atoms with van der Waals surface area (Å²) in [5.74, 6) is 0.835. The first-order chi connectivity index (χ1) is 15.3. The third kappa shape index (κ3) is 4.27. The lowest BCUT2D eigenvalue weighted by Crippen LogP contribution is -2.08. The number of hydrogen-bond acceptors (Lipinski definition) is 7. The highest BCUT2D eigenvalue weighted by atomic mass is 16.5. The Labute approximate surface area is 184 Å².